The highest BCUT2D eigenvalue weighted by Crippen LogP contribution is 2.40. The zero-order valence-corrected chi connectivity index (χ0v) is 25.0. The van der Waals surface area contributed by atoms with Crippen molar-refractivity contribution in [1.29, 1.82) is 0 Å². The van der Waals surface area contributed by atoms with Gasteiger partial charge in [-0.2, -0.15) is 5.10 Å². The van der Waals surface area contributed by atoms with Crippen molar-refractivity contribution in [3.8, 4) is 11.1 Å². The SMILES string of the molecule is Cl.O=C(Nc1nccs1)[C@@H](c1ncn2c1CCC2)n1cc2c(Cl)cc(-c3ccc(N4CCNCC4)cc3)c(Cl)c2n1. The molecule has 7 rings (SSSR count). The Hall–Kier alpha value is -3.15. The summed E-state index contributed by atoms with van der Waals surface area (Å²) in [7, 11) is 0. The minimum absolute atomic E-state index is 0. The minimum atomic E-state index is -0.806. The van der Waals surface area contributed by atoms with E-state index >= 15 is 0 Å². The highest BCUT2D eigenvalue weighted by molar-refractivity contribution is 7.13. The Bertz CT molecular complexity index is 1690. The number of halogens is 3. The van der Waals surface area contributed by atoms with Crippen LogP contribution in [0.2, 0.25) is 10.0 Å². The van der Waals surface area contributed by atoms with Crippen molar-refractivity contribution in [2.45, 2.75) is 25.4 Å². The zero-order valence-electron chi connectivity index (χ0n) is 21.9. The molecular weight excluding hydrogens is 603 g/mol. The van der Waals surface area contributed by atoms with Crippen LogP contribution in [0.4, 0.5) is 10.8 Å². The second-order valence-corrected chi connectivity index (χ2v) is 11.7. The molecule has 0 unspecified atom stereocenters. The van der Waals surface area contributed by atoms with Gasteiger partial charge in [-0.3, -0.25) is 14.8 Å². The molecule has 0 saturated carbocycles. The van der Waals surface area contributed by atoms with Gasteiger partial charge >= 0.3 is 0 Å². The van der Waals surface area contributed by atoms with Gasteiger partial charge in [-0.15, -0.1) is 23.7 Å². The summed E-state index contributed by atoms with van der Waals surface area (Å²) in [6, 6.07) is 9.43. The van der Waals surface area contributed by atoms with Crippen LogP contribution >= 0.6 is 46.9 Å². The number of fused-ring (bicyclic) bond motifs is 2. The molecule has 5 aromatic rings. The van der Waals surface area contributed by atoms with E-state index in [0.717, 1.165) is 62.4 Å². The van der Waals surface area contributed by atoms with E-state index in [1.165, 1.54) is 17.0 Å². The Balaban J connectivity index is 0.00000302. The highest BCUT2D eigenvalue weighted by Gasteiger charge is 2.32. The molecule has 2 aliphatic rings. The first-order valence-corrected chi connectivity index (χ1v) is 14.9. The number of aromatic nitrogens is 5. The van der Waals surface area contributed by atoms with Crippen LogP contribution in [-0.2, 0) is 17.8 Å². The monoisotopic (exact) mass is 628 g/mol. The number of anilines is 2. The van der Waals surface area contributed by atoms with Crippen LogP contribution in [0.1, 0.15) is 23.9 Å². The van der Waals surface area contributed by atoms with Crippen molar-refractivity contribution >= 4 is 74.6 Å². The largest absolute Gasteiger partial charge is 0.369 e. The molecule has 13 heteroatoms. The molecule has 41 heavy (non-hydrogen) atoms. The normalized spacial score (nSPS) is 15.5. The number of carbonyl (C=O) groups excluding carboxylic acids is 1. The predicted molar refractivity (Wildman–Crippen MR) is 167 cm³/mol. The number of rotatable bonds is 6. The van der Waals surface area contributed by atoms with Crippen LogP contribution < -0.4 is 15.5 Å². The van der Waals surface area contributed by atoms with Gasteiger partial charge < -0.3 is 14.8 Å². The number of hydrogen-bond acceptors (Lipinski definition) is 7. The molecular formula is C28H27Cl3N8OS. The third kappa shape index (κ3) is 5.19. The summed E-state index contributed by atoms with van der Waals surface area (Å²) in [6.45, 7) is 4.80. The van der Waals surface area contributed by atoms with Gasteiger partial charge in [0, 0.05) is 72.8 Å². The maximum absolute atomic E-state index is 13.7. The fourth-order valence-electron chi connectivity index (χ4n) is 5.60. The summed E-state index contributed by atoms with van der Waals surface area (Å²) >= 11 is 15.2. The van der Waals surface area contributed by atoms with Gasteiger partial charge in [0.15, 0.2) is 11.2 Å². The minimum Gasteiger partial charge on any atom is -0.369 e. The summed E-state index contributed by atoms with van der Waals surface area (Å²) in [5, 5.41) is 15.2. The average molecular weight is 630 g/mol. The summed E-state index contributed by atoms with van der Waals surface area (Å²) in [5.41, 5.74) is 5.18. The molecule has 0 spiro atoms. The van der Waals surface area contributed by atoms with Crippen LogP contribution in [0.25, 0.3) is 22.0 Å². The number of nitrogens with one attached hydrogen (secondary N) is 2. The molecule has 1 fully saturated rings. The number of amides is 1. The van der Waals surface area contributed by atoms with Gasteiger partial charge in [0.2, 0.25) is 0 Å². The molecule has 1 saturated heterocycles. The molecule has 2 aromatic carbocycles. The summed E-state index contributed by atoms with van der Waals surface area (Å²) < 4.78 is 3.73. The van der Waals surface area contributed by atoms with Gasteiger partial charge in [0.25, 0.3) is 5.91 Å². The van der Waals surface area contributed by atoms with Gasteiger partial charge in [-0.25, -0.2) is 9.97 Å². The summed E-state index contributed by atoms with van der Waals surface area (Å²) in [4.78, 5) is 24.9. The maximum Gasteiger partial charge on any atom is 0.257 e. The van der Waals surface area contributed by atoms with Gasteiger partial charge in [-0.1, -0.05) is 35.3 Å². The first-order chi connectivity index (χ1) is 19.6. The molecule has 212 valence electrons. The topological polar surface area (TPSA) is 92.9 Å². The molecule has 0 aliphatic carbocycles. The van der Waals surface area contributed by atoms with Gasteiger partial charge in [0.05, 0.1) is 22.1 Å². The van der Waals surface area contributed by atoms with Crippen LogP contribution in [-0.4, -0.2) is 56.4 Å². The lowest BCUT2D eigenvalue weighted by Crippen LogP contribution is -2.43. The molecule has 0 radical (unpaired) electrons. The number of carbonyl (C=O) groups is 1. The van der Waals surface area contributed by atoms with E-state index in [4.69, 9.17) is 28.3 Å². The zero-order chi connectivity index (χ0) is 27.2. The third-order valence-corrected chi connectivity index (χ3v) is 8.97. The Morgan fingerprint density at radius 1 is 1.10 bits per heavy atom. The van der Waals surface area contributed by atoms with Crippen molar-refractivity contribution in [1.82, 2.24) is 29.6 Å². The highest BCUT2D eigenvalue weighted by atomic mass is 35.5. The van der Waals surface area contributed by atoms with E-state index in [1.54, 1.807) is 23.4 Å². The second kappa shape index (κ2) is 11.6. The number of hydrogen-bond donors (Lipinski definition) is 2. The van der Waals surface area contributed by atoms with Crippen molar-refractivity contribution < 1.29 is 4.79 Å². The molecule has 1 amide bonds. The number of thiazole rings is 1. The fourth-order valence-corrected chi connectivity index (χ4v) is 6.68. The molecule has 5 heterocycles. The second-order valence-electron chi connectivity index (χ2n) is 9.98. The van der Waals surface area contributed by atoms with E-state index in [-0.39, 0.29) is 18.3 Å². The third-order valence-electron chi connectivity index (χ3n) is 7.59. The predicted octanol–water partition coefficient (Wildman–Crippen LogP) is 5.67. The fraction of sp³-hybridized carbons (Fsp3) is 0.286. The smallest absolute Gasteiger partial charge is 0.257 e. The van der Waals surface area contributed by atoms with Crippen LogP contribution in [0.15, 0.2) is 54.4 Å². The Morgan fingerprint density at radius 2 is 1.90 bits per heavy atom. The van der Waals surface area contributed by atoms with Crippen LogP contribution in [0.5, 0.6) is 0 Å². The first-order valence-electron chi connectivity index (χ1n) is 13.2. The van der Waals surface area contributed by atoms with Crippen molar-refractivity contribution in [2.24, 2.45) is 0 Å². The standard InChI is InChI=1S/C28H26Cl2N8OS.ClH/c29-21-14-19(17-3-5-18(6-4-17)36-11-7-31-8-12-36)23(30)24-20(21)15-38(35-24)26(27(39)34-28-32-9-13-40-28)25-22-2-1-10-37(22)16-33-25;/h3-6,9,13-16,26,31H,1-2,7-8,10-12H2,(H,32,34,39);1H/t26-;/m1./s1. The van der Waals surface area contributed by atoms with E-state index in [1.807, 2.05) is 11.4 Å². The van der Waals surface area contributed by atoms with E-state index in [0.29, 0.717) is 31.8 Å². The van der Waals surface area contributed by atoms with E-state index < -0.39 is 6.04 Å². The summed E-state index contributed by atoms with van der Waals surface area (Å²) in [6.07, 6.45) is 7.11. The lowest BCUT2D eigenvalue weighted by molar-refractivity contribution is -0.118. The number of benzene rings is 2. The maximum atomic E-state index is 13.7. The lowest BCUT2D eigenvalue weighted by Gasteiger charge is -2.29. The number of imidazole rings is 1. The summed E-state index contributed by atoms with van der Waals surface area (Å²) in [5.74, 6) is -0.271. The van der Waals surface area contributed by atoms with E-state index in [2.05, 4.69) is 54.3 Å². The molecule has 2 aliphatic heterocycles. The average Bonchev–Trinajstić information content (AvgIpc) is 3.78. The Kier molecular flexibility index (Phi) is 7.93. The number of nitrogens with zero attached hydrogens (tertiary/aromatic N) is 6. The Morgan fingerprint density at radius 3 is 2.66 bits per heavy atom. The lowest BCUT2D eigenvalue weighted by atomic mass is 10.0. The van der Waals surface area contributed by atoms with Crippen LogP contribution in [0.3, 0.4) is 0 Å². The molecule has 3 aromatic heterocycles. The van der Waals surface area contributed by atoms with E-state index in [9.17, 15) is 4.79 Å². The van der Waals surface area contributed by atoms with Crippen molar-refractivity contribution in [3.05, 3.63) is 75.9 Å². The quantitative estimate of drug-likeness (QED) is 0.252. The van der Waals surface area contributed by atoms with Crippen molar-refractivity contribution in [3.63, 3.8) is 0 Å². The molecule has 1 atom stereocenters. The number of aryl methyl sites for hydroxylation is 1. The van der Waals surface area contributed by atoms with Gasteiger partial charge in [-0.05, 0) is 36.6 Å². The Labute approximate surface area is 256 Å². The van der Waals surface area contributed by atoms with Crippen molar-refractivity contribution in [2.75, 3.05) is 36.4 Å². The van der Waals surface area contributed by atoms with Crippen LogP contribution in [0, 0.1) is 0 Å². The molecule has 9 nitrogen and oxygen atoms in total. The first kappa shape index (κ1) is 28.0. The molecule has 0 bridgehead atoms. The number of piperazine rings is 1. The molecule has 2 N–H and O–H groups in total. The van der Waals surface area contributed by atoms with Gasteiger partial charge in [0.1, 0.15) is 5.52 Å².